The molecule has 1 aliphatic carbocycles. The van der Waals surface area contributed by atoms with Crippen molar-refractivity contribution in [3.8, 4) is 0 Å². The first-order valence-electron chi connectivity index (χ1n) is 6.80. The van der Waals surface area contributed by atoms with Crippen LogP contribution in [0.25, 0.3) is 0 Å². The first-order valence-corrected chi connectivity index (χ1v) is 6.80. The molecule has 0 bridgehead atoms. The number of alkyl halides is 3. The Morgan fingerprint density at radius 2 is 1.90 bits per heavy atom. The van der Waals surface area contributed by atoms with Crippen molar-refractivity contribution in [2.75, 3.05) is 0 Å². The average Bonchev–Trinajstić information content (AvgIpc) is 2.33. The highest BCUT2D eigenvalue weighted by Crippen LogP contribution is 2.43. The molecule has 1 aromatic carbocycles. The molecule has 5 heteroatoms. The summed E-state index contributed by atoms with van der Waals surface area (Å²) in [6.45, 7) is 4.06. The van der Waals surface area contributed by atoms with E-state index in [4.69, 9.17) is 5.73 Å². The minimum absolute atomic E-state index is 0.0674. The van der Waals surface area contributed by atoms with E-state index < -0.39 is 23.1 Å². The van der Waals surface area contributed by atoms with Gasteiger partial charge in [0.15, 0.2) is 0 Å². The van der Waals surface area contributed by atoms with Crippen molar-refractivity contribution >= 4 is 0 Å². The molecule has 0 amide bonds. The summed E-state index contributed by atoms with van der Waals surface area (Å²) in [6, 6.07) is 3.14. The zero-order valence-corrected chi connectivity index (χ0v) is 11.6. The van der Waals surface area contributed by atoms with Crippen LogP contribution >= 0.6 is 0 Å². The predicted molar refractivity (Wildman–Crippen MR) is 69.4 cm³/mol. The minimum atomic E-state index is -4.69. The molecular weight excluding hydrogens is 270 g/mol. The summed E-state index contributed by atoms with van der Waals surface area (Å²) in [5.41, 5.74) is 4.70. The molecule has 1 aliphatic rings. The first-order chi connectivity index (χ1) is 9.14. The molecule has 1 nitrogen and oxygen atoms in total. The predicted octanol–water partition coefficient (Wildman–Crippen LogP) is 4.45. The van der Waals surface area contributed by atoms with Crippen LogP contribution in [0, 0.1) is 17.7 Å². The Morgan fingerprint density at radius 1 is 1.25 bits per heavy atom. The Morgan fingerprint density at radius 3 is 2.45 bits per heavy atom. The number of hydrogen-bond acceptors (Lipinski definition) is 1. The molecule has 2 rings (SSSR count). The van der Waals surface area contributed by atoms with Crippen molar-refractivity contribution in [2.45, 2.75) is 44.8 Å². The highest BCUT2D eigenvalue weighted by molar-refractivity contribution is 5.33. The van der Waals surface area contributed by atoms with Crippen LogP contribution in [0.15, 0.2) is 18.2 Å². The maximum atomic E-state index is 13.4. The van der Waals surface area contributed by atoms with Crippen LogP contribution in [0.5, 0.6) is 0 Å². The second kappa shape index (κ2) is 5.02. The lowest BCUT2D eigenvalue weighted by Crippen LogP contribution is -2.46. The van der Waals surface area contributed by atoms with Gasteiger partial charge in [-0.05, 0) is 48.8 Å². The Balaban J connectivity index is 2.43. The fourth-order valence-electron chi connectivity index (χ4n) is 3.12. The Labute approximate surface area is 116 Å². The SMILES string of the molecule is CC1CCC(N)(c2ccc(F)c(C(F)(F)F)c2)C(C)C1. The highest BCUT2D eigenvalue weighted by Gasteiger charge is 2.41. The number of benzene rings is 1. The third-order valence-corrected chi connectivity index (χ3v) is 4.50. The lowest BCUT2D eigenvalue weighted by Gasteiger charge is -2.42. The summed E-state index contributed by atoms with van der Waals surface area (Å²) in [5, 5.41) is 0. The molecule has 0 aliphatic heterocycles. The molecule has 1 fully saturated rings. The van der Waals surface area contributed by atoms with Crippen LogP contribution in [0.2, 0.25) is 0 Å². The van der Waals surface area contributed by atoms with E-state index in [9.17, 15) is 17.6 Å². The molecular formula is C15H19F4N. The van der Waals surface area contributed by atoms with E-state index in [1.54, 1.807) is 0 Å². The first kappa shape index (κ1) is 15.3. The fourth-order valence-corrected chi connectivity index (χ4v) is 3.12. The number of nitrogens with two attached hydrogens (primary N) is 1. The Kier molecular flexibility index (Phi) is 3.84. The van der Waals surface area contributed by atoms with Gasteiger partial charge < -0.3 is 5.73 Å². The maximum absolute atomic E-state index is 13.4. The van der Waals surface area contributed by atoms with E-state index in [0.29, 0.717) is 17.9 Å². The van der Waals surface area contributed by atoms with Gasteiger partial charge in [0.05, 0.1) is 5.56 Å². The molecule has 3 unspecified atom stereocenters. The van der Waals surface area contributed by atoms with Crippen LogP contribution in [0.1, 0.15) is 44.2 Å². The van der Waals surface area contributed by atoms with Crippen LogP contribution in [-0.2, 0) is 11.7 Å². The van der Waals surface area contributed by atoms with Gasteiger partial charge in [-0.25, -0.2) is 4.39 Å². The molecule has 1 aromatic rings. The third-order valence-electron chi connectivity index (χ3n) is 4.50. The summed E-state index contributed by atoms with van der Waals surface area (Å²) in [4.78, 5) is 0. The highest BCUT2D eigenvalue weighted by atomic mass is 19.4. The molecule has 112 valence electrons. The summed E-state index contributed by atoms with van der Waals surface area (Å²) < 4.78 is 51.8. The zero-order chi connectivity index (χ0) is 15.1. The monoisotopic (exact) mass is 289 g/mol. The maximum Gasteiger partial charge on any atom is 0.419 e. The van der Waals surface area contributed by atoms with E-state index in [-0.39, 0.29) is 5.92 Å². The number of halogens is 4. The van der Waals surface area contributed by atoms with Gasteiger partial charge in [-0.2, -0.15) is 13.2 Å². The molecule has 2 N–H and O–H groups in total. The second-order valence-corrected chi connectivity index (χ2v) is 6.01. The molecule has 0 saturated heterocycles. The second-order valence-electron chi connectivity index (χ2n) is 6.01. The minimum Gasteiger partial charge on any atom is -0.321 e. The Bertz CT molecular complexity index is 497. The number of rotatable bonds is 1. The van der Waals surface area contributed by atoms with Gasteiger partial charge in [-0.1, -0.05) is 19.9 Å². The quantitative estimate of drug-likeness (QED) is 0.759. The van der Waals surface area contributed by atoms with Crippen molar-refractivity contribution in [1.29, 1.82) is 0 Å². The van der Waals surface area contributed by atoms with E-state index in [1.807, 2.05) is 6.92 Å². The third kappa shape index (κ3) is 2.68. The summed E-state index contributed by atoms with van der Waals surface area (Å²) in [5.74, 6) is -0.663. The summed E-state index contributed by atoms with van der Waals surface area (Å²) >= 11 is 0. The van der Waals surface area contributed by atoms with E-state index >= 15 is 0 Å². The van der Waals surface area contributed by atoms with Crippen LogP contribution in [-0.4, -0.2) is 0 Å². The molecule has 3 atom stereocenters. The topological polar surface area (TPSA) is 26.0 Å². The summed E-state index contributed by atoms with van der Waals surface area (Å²) in [6.07, 6.45) is -2.32. The zero-order valence-electron chi connectivity index (χ0n) is 11.6. The standard InChI is InChI=1S/C15H19F4N/c1-9-5-6-14(20,10(2)7-9)11-3-4-13(16)12(8-11)15(17,18)19/h3-4,8-10H,5-7,20H2,1-2H3. The summed E-state index contributed by atoms with van der Waals surface area (Å²) in [7, 11) is 0. The smallest absolute Gasteiger partial charge is 0.321 e. The van der Waals surface area contributed by atoms with Gasteiger partial charge in [-0.3, -0.25) is 0 Å². The van der Waals surface area contributed by atoms with Gasteiger partial charge in [0.25, 0.3) is 0 Å². The van der Waals surface area contributed by atoms with Crippen molar-refractivity contribution in [3.63, 3.8) is 0 Å². The van der Waals surface area contributed by atoms with Crippen molar-refractivity contribution < 1.29 is 17.6 Å². The molecule has 0 aromatic heterocycles. The molecule has 1 saturated carbocycles. The molecule has 20 heavy (non-hydrogen) atoms. The van der Waals surface area contributed by atoms with Crippen LogP contribution in [0.4, 0.5) is 17.6 Å². The van der Waals surface area contributed by atoms with E-state index in [0.717, 1.165) is 25.0 Å². The van der Waals surface area contributed by atoms with Gasteiger partial charge in [0.1, 0.15) is 5.82 Å². The normalized spacial score (nSPS) is 31.4. The van der Waals surface area contributed by atoms with Gasteiger partial charge >= 0.3 is 6.18 Å². The lowest BCUT2D eigenvalue weighted by molar-refractivity contribution is -0.140. The lowest BCUT2D eigenvalue weighted by atomic mass is 9.67. The molecule has 0 spiro atoms. The van der Waals surface area contributed by atoms with E-state index in [2.05, 4.69) is 6.92 Å². The van der Waals surface area contributed by atoms with Crippen LogP contribution in [0.3, 0.4) is 0 Å². The number of hydrogen-bond donors (Lipinski definition) is 1. The average molecular weight is 289 g/mol. The molecule has 0 radical (unpaired) electrons. The van der Waals surface area contributed by atoms with Gasteiger partial charge in [0, 0.05) is 5.54 Å². The Hall–Kier alpha value is -1.10. The van der Waals surface area contributed by atoms with Gasteiger partial charge in [-0.15, -0.1) is 0 Å². The van der Waals surface area contributed by atoms with Gasteiger partial charge in [0.2, 0.25) is 0 Å². The van der Waals surface area contributed by atoms with Crippen LogP contribution < -0.4 is 5.73 Å². The van der Waals surface area contributed by atoms with Crippen molar-refractivity contribution in [3.05, 3.63) is 35.1 Å². The van der Waals surface area contributed by atoms with Crippen molar-refractivity contribution in [2.24, 2.45) is 17.6 Å². The largest absolute Gasteiger partial charge is 0.419 e. The van der Waals surface area contributed by atoms with E-state index in [1.165, 1.54) is 6.07 Å². The molecule has 0 heterocycles. The van der Waals surface area contributed by atoms with Crippen molar-refractivity contribution in [1.82, 2.24) is 0 Å². The fraction of sp³-hybridized carbons (Fsp3) is 0.600.